The first-order valence-corrected chi connectivity index (χ1v) is 7.04. The summed E-state index contributed by atoms with van der Waals surface area (Å²) >= 11 is 6.05. The second kappa shape index (κ2) is 3.69. The molecule has 0 aliphatic carbocycles. The van der Waals surface area contributed by atoms with Crippen molar-refractivity contribution >= 4 is 44.6 Å². The van der Waals surface area contributed by atoms with Gasteiger partial charge < -0.3 is 4.42 Å². The maximum atomic E-state index is 12.5. The molecule has 6 heteroatoms. The molecule has 22 heavy (non-hydrogen) atoms. The molecule has 0 saturated carbocycles. The zero-order valence-corrected chi connectivity index (χ0v) is 11.8. The molecule has 3 heterocycles. The van der Waals surface area contributed by atoms with Crippen LogP contribution >= 0.6 is 11.6 Å². The minimum absolute atomic E-state index is 0.181. The lowest BCUT2D eigenvalue weighted by Gasteiger charge is -1.94. The van der Waals surface area contributed by atoms with Crippen LogP contribution in [0.2, 0.25) is 5.02 Å². The zero-order chi connectivity index (χ0) is 15.0. The Morgan fingerprint density at radius 3 is 2.59 bits per heavy atom. The van der Waals surface area contributed by atoms with Crippen LogP contribution in [0.15, 0.2) is 56.5 Å². The molecule has 5 aromatic rings. The molecule has 0 spiro atoms. The summed E-state index contributed by atoms with van der Waals surface area (Å²) in [7, 11) is 0. The van der Waals surface area contributed by atoms with Crippen molar-refractivity contribution in [3.63, 3.8) is 0 Å². The van der Waals surface area contributed by atoms with E-state index < -0.39 is 5.56 Å². The number of hydrogen-bond acceptors (Lipinski definition) is 3. The topological polar surface area (TPSA) is 56.1 Å². The van der Waals surface area contributed by atoms with Gasteiger partial charge in [0.05, 0.1) is 10.9 Å². The molecule has 106 valence electrons. The molecule has 0 unspecified atom stereocenters. The predicted molar refractivity (Wildman–Crippen MR) is 84.4 cm³/mol. The number of halogens is 1. The fourth-order valence-electron chi connectivity index (χ4n) is 3.06. The molecule has 2 aromatic carbocycles. The number of benzene rings is 2. The highest BCUT2D eigenvalue weighted by molar-refractivity contribution is 6.31. The molecule has 0 amide bonds. The Hall–Kier alpha value is -2.79. The number of rotatable bonds is 0. The smallest absolute Gasteiger partial charge is 0.318 e. The van der Waals surface area contributed by atoms with Gasteiger partial charge in [0.25, 0.3) is 5.56 Å². The van der Waals surface area contributed by atoms with Gasteiger partial charge >= 0.3 is 5.56 Å². The summed E-state index contributed by atoms with van der Waals surface area (Å²) in [5, 5.41) is 1.74. The monoisotopic (exact) mass is 310 g/mol. The third kappa shape index (κ3) is 1.21. The van der Waals surface area contributed by atoms with E-state index in [1.54, 1.807) is 28.8 Å². The van der Waals surface area contributed by atoms with E-state index in [1.165, 1.54) is 0 Å². The summed E-state index contributed by atoms with van der Waals surface area (Å²) in [5.74, 6) is 0. The van der Waals surface area contributed by atoms with Crippen LogP contribution in [0.1, 0.15) is 0 Å². The van der Waals surface area contributed by atoms with E-state index in [9.17, 15) is 9.59 Å². The quantitative estimate of drug-likeness (QED) is 0.442. The Labute approximate surface area is 126 Å². The van der Waals surface area contributed by atoms with Crippen LogP contribution in [-0.4, -0.2) is 9.03 Å². The molecule has 5 rings (SSSR count). The molecule has 0 aliphatic heterocycles. The number of furan rings is 1. The Balaban J connectivity index is 2.25. The van der Waals surface area contributed by atoms with E-state index in [1.807, 2.05) is 18.2 Å². The van der Waals surface area contributed by atoms with Gasteiger partial charge in [0.2, 0.25) is 5.58 Å². The molecular formula is C16H7ClN2O3. The van der Waals surface area contributed by atoms with Crippen molar-refractivity contribution in [2.45, 2.75) is 0 Å². The maximum Gasteiger partial charge on any atom is 0.318 e. The molecule has 3 aromatic heterocycles. The van der Waals surface area contributed by atoms with Crippen LogP contribution in [0.4, 0.5) is 0 Å². The maximum absolute atomic E-state index is 12.5. The second-order valence-electron chi connectivity index (χ2n) is 5.17. The van der Waals surface area contributed by atoms with Crippen LogP contribution in [0.5, 0.6) is 0 Å². The van der Waals surface area contributed by atoms with Crippen molar-refractivity contribution in [1.29, 1.82) is 0 Å². The predicted octanol–water partition coefficient (Wildman–Crippen LogP) is 2.90. The third-order valence-electron chi connectivity index (χ3n) is 3.98. The molecule has 0 radical (unpaired) electrons. The molecule has 5 nitrogen and oxygen atoms in total. The normalized spacial score (nSPS) is 12.2. The van der Waals surface area contributed by atoms with Gasteiger partial charge in [0, 0.05) is 10.4 Å². The Morgan fingerprint density at radius 1 is 0.909 bits per heavy atom. The number of aromatic nitrogens is 2. The fraction of sp³-hybridized carbons (Fsp3) is 0. The number of nitrogens with zero attached hydrogens (tertiary/aromatic N) is 2. The Morgan fingerprint density at radius 2 is 1.73 bits per heavy atom. The van der Waals surface area contributed by atoms with Gasteiger partial charge in [0.15, 0.2) is 0 Å². The van der Waals surface area contributed by atoms with Crippen molar-refractivity contribution in [1.82, 2.24) is 9.03 Å². The van der Waals surface area contributed by atoms with E-state index in [0.29, 0.717) is 27.0 Å². The summed E-state index contributed by atoms with van der Waals surface area (Å²) in [6, 6.07) is 12.3. The van der Waals surface area contributed by atoms with Crippen LogP contribution in [0.3, 0.4) is 0 Å². The van der Waals surface area contributed by atoms with Crippen LogP contribution in [0, 0.1) is 0 Å². The average molecular weight is 311 g/mol. The van der Waals surface area contributed by atoms with Gasteiger partial charge in [-0.3, -0.25) is 9.59 Å². The molecule has 0 atom stereocenters. The van der Waals surface area contributed by atoms with Gasteiger partial charge in [-0.05, 0) is 30.3 Å². The molecule has 0 N–H and O–H groups in total. The van der Waals surface area contributed by atoms with Crippen LogP contribution in [-0.2, 0) is 0 Å². The molecular weight excluding hydrogens is 304 g/mol. The lowest BCUT2D eigenvalue weighted by Crippen LogP contribution is -2.21. The van der Waals surface area contributed by atoms with E-state index >= 15 is 0 Å². The number of para-hydroxylation sites is 1. The summed E-state index contributed by atoms with van der Waals surface area (Å²) in [6.45, 7) is 0. The zero-order valence-electron chi connectivity index (χ0n) is 11.0. The highest BCUT2D eigenvalue weighted by Gasteiger charge is 2.22. The molecule has 0 bridgehead atoms. The average Bonchev–Trinajstić information content (AvgIpc) is 3.10. The van der Waals surface area contributed by atoms with Gasteiger partial charge in [-0.1, -0.05) is 23.7 Å². The van der Waals surface area contributed by atoms with Crippen molar-refractivity contribution in [2.24, 2.45) is 0 Å². The Bertz CT molecular complexity index is 1330. The first-order valence-electron chi connectivity index (χ1n) is 6.67. The number of fused-ring (bicyclic) bond motifs is 7. The largest absolute Gasteiger partial charge is 0.448 e. The third-order valence-corrected chi connectivity index (χ3v) is 4.21. The first kappa shape index (κ1) is 11.8. The second-order valence-corrected chi connectivity index (χ2v) is 5.61. The molecule has 0 saturated heterocycles. The summed E-state index contributed by atoms with van der Waals surface area (Å²) in [6.07, 6.45) is 0. The van der Waals surface area contributed by atoms with Gasteiger partial charge in [-0.25, -0.2) is 4.52 Å². The first-order chi connectivity index (χ1) is 10.7. The summed E-state index contributed by atoms with van der Waals surface area (Å²) in [5.41, 5.74) is 1.16. The summed E-state index contributed by atoms with van der Waals surface area (Å²) < 4.78 is 8.32. The van der Waals surface area contributed by atoms with Gasteiger partial charge in [-0.15, -0.1) is 0 Å². The van der Waals surface area contributed by atoms with Crippen LogP contribution in [0.25, 0.3) is 33.0 Å². The Kier molecular flexibility index (Phi) is 1.99. The van der Waals surface area contributed by atoms with E-state index in [4.69, 9.17) is 16.0 Å². The number of hydrogen-bond donors (Lipinski definition) is 0. The van der Waals surface area contributed by atoms with E-state index in [0.717, 1.165) is 9.90 Å². The standard InChI is InChI=1S/C16H7ClN2O3/c17-8-5-6-9-11(7-8)18-13-10-3-1-2-4-12(10)22-14(13)16(21)19(18)15(9)20/h1-7H. The van der Waals surface area contributed by atoms with Gasteiger partial charge in [-0.2, -0.15) is 4.52 Å². The molecule has 0 fully saturated rings. The highest BCUT2D eigenvalue weighted by atomic mass is 35.5. The molecule has 0 aliphatic rings. The summed E-state index contributed by atoms with van der Waals surface area (Å²) in [4.78, 5) is 25.0. The van der Waals surface area contributed by atoms with Crippen molar-refractivity contribution < 1.29 is 4.42 Å². The lowest BCUT2D eigenvalue weighted by molar-refractivity contribution is 0.662. The fourth-order valence-corrected chi connectivity index (χ4v) is 3.23. The van der Waals surface area contributed by atoms with Crippen LogP contribution < -0.4 is 11.1 Å². The van der Waals surface area contributed by atoms with E-state index in [2.05, 4.69) is 0 Å². The van der Waals surface area contributed by atoms with Gasteiger partial charge in [0.1, 0.15) is 11.1 Å². The minimum Gasteiger partial charge on any atom is -0.448 e. The minimum atomic E-state index is -0.455. The van der Waals surface area contributed by atoms with Crippen molar-refractivity contribution in [3.05, 3.63) is 68.2 Å². The van der Waals surface area contributed by atoms with Crippen molar-refractivity contribution in [3.8, 4) is 0 Å². The SMILES string of the molecule is O=c1c2ccc(Cl)cc2n2c3c(oc4ccccc43)c(=O)n12. The van der Waals surface area contributed by atoms with E-state index in [-0.39, 0.29) is 11.1 Å². The lowest BCUT2D eigenvalue weighted by atomic mass is 10.2. The highest BCUT2D eigenvalue weighted by Crippen LogP contribution is 2.28. The van der Waals surface area contributed by atoms with Crippen molar-refractivity contribution in [2.75, 3.05) is 0 Å².